The Hall–Kier alpha value is -1.51. The maximum atomic E-state index is 12.1. The first-order chi connectivity index (χ1) is 9.79. The van der Waals surface area contributed by atoms with E-state index in [0.29, 0.717) is 12.2 Å². The lowest BCUT2D eigenvalue weighted by molar-refractivity contribution is 0.0951. The van der Waals surface area contributed by atoms with Gasteiger partial charge in [-0.15, -0.1) is 0 Å². The molecule has 1 aliphatic carbocycles. The van der Waals surface area contributed by atoms with Crippen molar-refractivity contribution in [2.45, 2.75) is 45.4 Å². The van der Waals surface area contributed by atoms with Crippen LogP contribution < -0.4 is 10.1 Å². The summed E-state index contributed by atoms with van der Waals surface area (Å²) in [4.78, 5) is 12.1. The number of amides is 1. The fourth-order valence-corrected chi connectivity index (χ4v) is 2.74. The highest BCUT2D eigenvalue weighted by Crippen LogP contribution is 2.26. The van der Waals surface area contributed by atoms with Crippen molar-refractivity contribution in [3.05, 3.63) is 29.8 Å². The zero-order chi connectivity index (χ0) is 14.2. The van der Waals surface area contributed by atoms with Crippen molar-refractivity contribution in [1.29, 1.82) is 0 Å². The van der Waals surface area contributed by atoms with Gasteiger partial charge in [0.1, 0.15) is 5.75 Å². The number of ether oxygens (including phenoxy) is 1. The van der Waals surface area contributed by atoms with Crippen molar-refractivity contribution in [3.8, 4) is 5.75 Å². The van der Waals surface area contributed by atoms with Gasteiger partial charge in [-0.05, 0) is 37.0 Å². The number of hydrogen-bond acceptors (Lipinski definition) is 2. The summed E-state index contributed by atoms with van der Waals surface area (Å²) in [6.45, 7) is 3.54. The minimum Gasteiger partial charge on any atom is -0.494 e. The van der Waals surface area contributed by atoms with Crippen LogP contribution in [-0.4, -0.2) is 19.1 Å². The summed E-state index contributed by atoms with van der Waals surface area (Å²) in [5, 5.41) is 3.01. The molecule has 20 heavy (non-hydrogen) atoms. The van der Waals surface area contributed by atoms with E-state index in [2.05, 4.69) is 12.2 Å². The van der Waals surface area contributed by atoms with Crippen LogP contribution >= 0.6 is 0 Å². The first-order valence-corrected chi connectivity index (χ1v) is 7.80. The van der Waals surface area contributed by atoms with Crippen LogP contribution in [0.1, 0.15) is 55.8 Å². The average molecular weight is 275 g/mol. The van der Waals surface area contributed by atoms with Gasteiger partial charge in [0, 0.05) is 12.1 Å². The fourth-order valence-electron chi connectivity index (χ4n) is 2.74. The molecular formula is C17H25NO2. The van der Waals surface area contributed by atoms with Crippen LogP contribution in [-0.2, 0) is 0 Å². The van der Waals surface area contributed by atoms with Gasteiger partial charge in [-0.25, -0.2) is 0 Å². The van der Waals surface area contributed by atoms with Crippen molar-refractivity contribution >= 4 is 5.91 Å². The van der Waals surface area contributed by atoms with Crippen molar-refractivity contribution in [2.75, 3.05) is 13.2 Å². The Morgan fingerprint density at radius 2 is 2.15 bits per heavy atom. The number of rotatable bonds is 7. The van der Waals surface area contributed by atoms with Crippen LogP contribution in [0, 0.1) is 5.92 Å². The monoisotopic (exact) mass is 275 g/mol. The van der Waals surface area contributed by atoms with E-state index in [1.165, 1.54) is 25.7 Å². The molecular weight excluding hydrogens is 250 g/mol. The molecule has 1 aromatic carbocycles. The van der Waals surface area contributed by atoms with Crippen molar-refractivity contribution in [1.82, 2.24) is 5.32 Å². The molecule has 0 radical (unpaired) electrons. The Bertz CT molecular complexity index is 425. The molecule has 2 rings (SSSR count). The molecule has 0 aromatic heterocycles. The van der Waals surface area contributed by atoms with Crippen molar-refractivity contribution < 1.29 is 9.53 Å². The maximum absolute atomic E-state index is 12.1. The van der Waals surface area contributed by atoms with Gasteiger partial charge in [0.2, 0.25) is 0 Å². The van der Waals surface area contributed by atoms with Crippen LogP contribution in [0.2, 0.25) is 0 Å². The van der Waals surface area contributed by atoms with Crippen LogP contribution in [0.5, 0.6) is 5.75 Å². The summed E-state index contributed by atoms with van der Waals surface area (Å²) in [6, 6.07) is 7.42. The molecule has 0 unspecified atom stereocenters. The Balaban J connectivity index is 1.78. The summed E-state index contributed by atoms with van der Waals surface area (Å²) in [6.07, 6.45) is 7.45. The quantitative estimate of drug-likeness (QED) is 0.822. The lowest BCUT2D eigenvalue weighted by Crippen LogP contribution is -2.25. The Labute approximate surface area is 121 Å². The second-order valence-electron chi connectivity index (χ2n) is 5.57. The molecule has 0 bridgehead atoms. The number of carbonyl (C=O) groups is 1. The van der Waals surface area contributed by atoms with Crippen LogP contribution in [0.15, 0.2) is 24.3 Å². The number of benzene rings is 1. The normalized spacial score (nSPS) is 15.2. The molecule has 0 saturated heterocycles. The molecule has 1 amide bonds. The molecule has 1 N–H and O–H groups in total. The van der Waals surface area contributed by atoms with E-state index in [0.717, 1.165) is 31.1 Å². The van der Waals surface area contributed by atoms with Crippen molar-refractivity contribution in [3.63, 3.8) is 0 Å². The molecule has 0 heterocycles. The van der Waals surface area contributed by atoms with Gasteiger partial charge < -0.3 is 10.1 Å². The number of hydrogen-bond donors (Lipinski definition) is 1. The van der Waals surface area contributed by atoms with Crippen LogP contribution in [0.3, 0.4) is 0 Å². The molecule has 0 atom stereocenters. The van der Waals surface area contributed by atoms with Gasteiger partial charge >= 0.3 is 0 Å². The van der Waals surface area contributed by atoms with Gasteiger partial charge in [-0.1, -0.05) is 38.7 Å². The average Bonchev–Trinajstić information content (AvgIpc) is 2.98. The molecule has 1 fully saturated rings. The van der Waals surface area contributed by atoms with E-state index in [4.69, 9.17) is 4.74 Å². The first kappa shape index (κ1) is 14.9. The molecule has 0 spiro atoms. The van der Waals surface area contributed by atoms with E-state index in [1.54, 1.807) is 0 Å². The summed E-state index contributed by atoms with van der Waals surface area (Å²) < 4.78 is 5.55. The van der Waals surface area contributed by atoms with Crippen LogP contribution in [0.4, 0.5) is 0 Å². The summed E-state index contributed by atoms with van der Waals surface area (Å²) in [7, 11) is 0. The molecule has 3 nitrogen and oxygen atoms in total. The predicted octanol–water partition coefficient (Wildman–Crippen LogP) is 3.79. The van der Waals surface area contributed by atoms with E-state index < -0.39 is 0 Å². The SMILES string of the molecule is CCCOc1cccc(C(=O)NCCC2CCCC2)c1. The minimum atomic E-state index is 0.00458. The molecule has 1 aromatic rings. The first-order valence-electron chi connectivity index (χ1n) is 7.80. The minimum absolute atomic E-state index is 0.00458. The highest BCUT2D eigenvalue weighted by molar-refractivity contribution is 5.94. The smallest absolute Gasteiger partial charge is 0.251 e. The zero-order valence-corrected chi connectivity index (χ0v) is 12.4. The predicted molar refractivity (Wildman–Crippen MR) is 81.1 cm³/mol. The Morgan fingerprint density at radius 3 is 2.90 bits per heavy atom. The summed E-state index contributed by atoms with van der Waals surface area (Å²) >= 11 is 0. The van der Waals surface area contributed by atoms with Gasteiger partial charge in [-0.2, -0.15) is 0 Å². The largest absolute Gasteiger partial charge is 0.494 e. The lowest BCUT2D eigenvalue weighted by atomic mass is 10.0. The summed E-state index contributed by atoms with van der Waals surface area (Å²) in [5.41, 5.74) is 0.685. The molecule has 1 saturated carbocycles. The fraction of sp³-hybridized carbons (Fsp3) is 0.588. The second kappa shape index (κ2) is 7.93. The number of carbonyl (C=O) groups excluding carboxylic acids is 1. The van der Waals surface area contributed by atoms with E-state index in [1.807, 2.05) is 24.3 Å². The second-order valence-corrected chi connectivity index (χ2v) is 5.57. The van der Waals surface area contributed by atoms with E-state index in [9.17, 15) is 4.79 Å². The van der Waals surface area contributed by atoms with E-state index in [-0.39, 0.29) is 5.91 Å². The highest BCUT2D eigenvalue weighted by atomic mass is 16.5. The molecule has 110 valence electrons. The van der Waals surface area contributed by atoms with Gasteiger partial charge in [0.25, 0.3) is 5.91 Å². The Morgan fingerprint density at radius 1 is 1.35 bits per heavy atom. The third kappa shape index (κ3) is 4.55. The summed E-state index contributed by atoms with van der Waals surface area (Å²) in [5.74, 6) is 1.59. The van der Waals surface area contributed by atoms with Gasteiger partial charge in [0.15, 0.2) is 0 Å². The van der Waals surface area contributed by atoms with Gasteiger partial charge in [-0.3, -0.25) is 4.79 Å². The maximum Gasteiger partial charge on any atom is 0.251 e. The lowest BCUT2D eigenvalue weighted by Gasteiger charge is -2.10. The van der Waals surface area contributed by atoms with E-state index >= 15 is 0 Å². The third-order valence-corrected chi connectivity index (χ3v) is 3.88. The standard InChI is InChI=1S/C17H25NO2/c1-2-12-20-16-9-5-8-15(13-16)17(19)18-11-10-14-6-3-4-7-14/h5,8-9,13-14H,2-4,6-7,10-12H2,1H3,(H,18,19). The molecule has 3 heteroatoms. The van der Waals surface area contributed by atoms with Crippen LogP contribution in [0.25, 0.3) is 0 Å². The Kier molecular flexibility index (Phi) is 5.90. The topological polar surface area (TPSA) is 38.3 Å². The molecule has 1 aliphatic rings. The van der Waals surface area contributed by atoms with Gasteiger partial charge in [0.05, 0.1) is 6.61 Å². The third-order valence-electron chi connectivity index (χ3n) is 3.88. The number of nitrogens with one attached hydrogen (secondary N) is 1. The highest BCUT2D eigenvalue weighted by Gasteiger charge is 2.15. The zero-order valence-electron chi connectivity index (χ0n) is 12.4. The van der Waals surface area contributed by atoms with Crippen molar-refractivity contribution in [2.24, 2.45) is 5.92 Å². The molecule has 0 aliphatic heterocycles.